The smallest absolute Gasteiger partial charge is 0.322 e. The summed E-state index contributed by atoms with van der Waals surface area (Å²) in [5.74, 6) is 0.191. The van der Waals surface area contributed by atoms with Crippen LogP contribution in [-0.2, 0) is 0 Å². The van der Waals surface area contributed by atoms with E-state index in [4.69, 9.17) is 21.0 Å². The van der Waals surface area contributed by atoms with Crippen molar-refractivity contribution >= 4 is 17.6 Å². The summed E-state index contributed by atoms with van der Waals surface area (Å²) < 4.78 is 4.88. The molecule has 0 aliphatic carbocycles. The van der Waals surface area contributed by atoms with Crippen molar-refractivity contribution < 1.29 is 4.74 Å². The first kappa shape index (κ1) is 13.1. The highest BCUT2D eigenvalue weighted by Gasteiger charge is 2.07. The molecule has 8 nitrogen and oxygen atoms in total. The van der Waals surface area contributed by atoms with Gasteiger partial charge in [-0.25, -0.2) is 0 Å². The Labute approximate surface area is 114 Å². The normalized spacial score (nSPS) is 9.35. The second-order valence-electron chi connectivity index (χ2n) is 3.61. The molecule has 98 valence electrons. The predicted molar refractivity (Wildman–Crippen MR) is 69.9 cm³/mol. The number of methoxy groups -OCH3 is 1. The van der Waals surface area contributed by atoms with Gasteiger partial charge in [0.2, 0.25) is 11.9 Å². The number of anilines is 3. The quantitative estimate of drug-likeness (QED) is 0.839. The van der Waals surface area contributed by atoms with Crippen LogP contribution in [0.1, 0.15) is 11.1 Å². The molecule has 0 aliphatic rings. The number of nitrogens with two attached hydrogens (primary N) is 1. The number of hydrogen-bond donors (Lipinski definition) is 2. The standard InChI is InChI=1S/C12H9N7O/c1-20-12-18-10(15)17-11(19-12)16-9-3-2-7(5-13)8(4-9)6-14/h2-4H,1H3,(H3,15,16,17,18,19). The Morgan fingerprint density at radius 1 is 1.15 bits per heavy atom. The van der Waals surface area contributed by atoms with Crippen molar-refractivity contribution in [3.8, 4) is 18.1 Å². The Morgan fingerprint density at radius 2 is 1.90 bits per heavy atom. The number of rotatable bonds is 3. The van der Waals surface area contributed by atoms with Gasteiger partial charge in [0, 0.05) is 5.69 Å². The molecule has 2 aromatic rings. The average molecular weight is 267 g/mol. The Kier molecular flexibility index (Phi) is 3.59. The lowest BCUT2D eigenvalue weighted by molar-refractivity contribution is 0.380. The van der Waals surface area contributed by atoms with E-state index in [0.717, 1.165) is 0 Å². The second-order valence-corrected chi connectivity index (χ2v) is 3.61. The van der Waals surface area contributed by atoms with Crippen molar-refractivity contribution in [2.24, 2.45) is 0 Å². The van der Waals surface area contributed by atoms with Gasteiger partial charge in [-0.3, -0.25) is 0 Å². The Morgan fingerprint density at radius 3 is 2.55 bits per heavy atom. The average Bonchev–Trinajstić information content (AvgIpc) is 2.46. The lowest BCUT2D eigenvalue weighted by Gasteiger charge is -2.07. The van der Waals surface area contributed by atoms with Gasteiger partial charge in [-0.05, 0) is 18.2 Å². The van der Waals surface area contributed by atoms with Gasteiger partial charge in [-0.15, -0.1) is 0 Å². The Balaban J connectivity index is 2.33. The first-order valence-corrected chi connectivity index (χ1v) is 5.43. The summed E-state index contributed by atoms with van der Waals surface area (Å²) in [5, 5.41) is 20.7. The number of ether oxygens (including phenoxy) is 1. The number of aromatic nitrogens is 3. The van der Waals surface area contributed by atoms with Crippen LogP contribution < -0.4 is 15.8 Å². The number of nitrogens with one attached hydrogen (secondary N) is 1. The molecule has 0 radical (unpaired) electrons. The molecule has 0 spiro atoms. The van der Waals surface area contributed by atoms with Gasteiger partial charge >= 0.3 is 6.01 Å². The van der Waals surface area contributed by atoms with E-state index in [1.807, 2.05) is 12.1 Å². The summed E-state index contributed by atoms with van der Waals surface area (Å²) in [5.41, 5.74) is 6.62. The van der Waals surface area contributed by atoms with Crippen molar-refractivity contribution in [2.45, 2.75) is 0 Å². The second kappa shape index (κ2) is 5.50. The molecule has 3 N–H and O–H groups in total. The number of benzene rings is 1. The van der Waals surface area contributed by atoms with Gasteiger partial charge < -0.3 is 15.8 Å². The van der Waals surface area contributed by atoms with Crippen molar-refractivity contribution in [1.29, 1.82) is 10.5 Å². The zero-order valence-corrected chi connectivity index (χ0v) is 10.5. The molecule has 1 heterocycles. The van der Waals surface area contributed by atoms with Gasteiger partial charge in [0.05, 0.1) is 18.2 Å². The van der Waals surface area contributed by atoms with Crippen LogP contribution in [0.25, 0.3) is 0 Å². The number of nitrogens with zero attached hydrogens (tertiary/aromatic N) is 5. The summed E-state index contributed by atoms with van der Waals surface area (Å²) in [7, 11) is 1.41. The Hall–Kier alpha value is -3.39. The zero-order chi connectivity index (χ0) is 14.5. The van der Waals surface area contributed by atoms with Gasteiger partial charge in [-0.1, -0.05) is 0 Å². The maximum Gasteiger partial charge on any atom is 0.322 e. The molecule has 0 bridgehead atoms. The molecule has 0 saturated carbocycles. The van der Waals surface area contributed by atoms with E-state index in [1.54, 1.807) is 6.07 Å². The molecule has 20 heavy (non-hydrogen) atoms. The van der Waals surface area contributed by atoms with E-state index >= 15 is 0 Å². The fraction of sp³-hybridized carbons (Fsp3) is 0.0833. The molecule has 0 aliphatic heterocycles. The SMILES string of the molecule is COc1nc(N)nc(Nc2ccc(C#N)c(C#N)c2)n1. The first-order chi connectivity index (χ1) is 9.66. The van der Waals surface area contributed by atoms with Crippen molar-refractivity contribution in [1.82, 2.24) is 15.0 Å². The fourth-order valence-electron chi connectivity index (χ4n) is 1.46. The minimum absolute atomic E-state index is 0.00787. The van der Waals surface area contributed by atoms with E-state index in [9.17, 15) is 0 Å². The van der Waals surface area contributed by atoms with Crippen LogP contribution in [0.3, 0.4) is 0 Å². The van der Waals surface area contributed by atoms with Gasteiger partial charge in [0.15, 0.2) is 0 Å². The third-order valence-corrected chi connectivity index (χ3v) is 2.33. The summed E-state index contributed by atoms with van der Waals surface area (Å²) in [4.78, 5) is 11.6. The highest BCUT2D eigenvalue weighted by atomic mass is 16.5. The van der Waals surface area contributed by atoms with Crippen LogP contribution in [0.2, 0.25) is 0 Å². The van der Waals surface area contributed by atoms with Gasteiger partial charge in [0.25, 0.3) is 0 Å². The van der Waals surface area contributed by atoms with Crippen LogP contribution >= 0.6 is 0 Å². The largest absolute Gasteiger partial charge is 0.467 e. The highest BCUT2D eigenvalue weighted by molar-refractivity contribution is 5.60. The Bertz CT molecular complexity index is 730. The molecule has 8 heteroatoms. The van der Waals surface area contributed by atoms with Crippen LogP contribution in [0.15, 0.2) is 18.2 Å². The molecule has 0 fully saturated rings. The summed E-state index contributed by atoms with van der Waals surface area (Å²) in [6.45, 7) is 0. The van der Waals surface area contributed by atoms with Gasteiger partial charge in [0.1, 0.15) is 12.1 Å². The predicted octanol–water partition coefficient (Wildman–Crippen LogP) is 0.949. The number of nitrogen functional groups attached to an aromatic ring is 1. The van der Waals surface area contributed by atoms with Gasteiger partial charge in [-0.2, -0.15) is 25.5 Å². The number of nitriles is 2. The maximum atomic E-state index is 8.96. The van der Waals surface area contributed by atoms with Crippen molar-refractivity contribution in [3.05, 3.63) is 29.3 Å². The third-order valence-electron chi connectivity index (χ3n) is 2.33. The maximum absolute atomic E-state index is 8.96. The molecule has 0 saturated heterocycles. The van der Waals surface area contributed by atoms with E-state index < -0.39 is 0 Å². The van der Waals surface area contributed by atoms with E-state index in [2.05, 4.69) is 20.3 Å². The number of hydrogen-bond acceptors (Lipinski definition) is 8. The minimum Gasteiger partial charge on any atom is -0.467 e. The molecule has 1 aromatic heterocycles. The molecule has 0 amide bonds. The van der Waals surface area contributed by atoms with Crippen molar-refractivity contribution in [2.75, 3.05) is 18.2 Å². The third kappa shape index (κ3) is 2.71. The van der Waals surface area contributed by atoms with E-state index in [1.165, 1.54) is 19.2 Å². The van der Waals surface area contributed by atoms with Crippen molar-refractivity contribution in [3.63, 3.8) is 0 Å². The van der Waals surface area contributed by atoms with Crippen LogP contribution in [0.5, 0.6) is 6.01 Å². The zero-order valence-electron chi connectivity index (χ0n) is 10.5. The molecular formula is C12H9N7O. The first-order valence-electron chi connectivity index (χ1n) is 5.43. The van der Waals surface area contributed by atoms with E-state index in [0.29, 0.717) is 11.3 Å². The molecule has 0 atom stereocenters. The van der Waals surface area contributed by atoms with Crippen LogP contribution in [-0.4, -0.2) is 22.1 Å². The summed E-state index contributed by atoms with van der Waals surface area (Å²) >= 11 is 0. The molecule has 1 aromatic carbocycles. The van der Waals surface area contributed by atoms with Crippen LogP contribution in [0, 0.1) is 22.7 Å². The minimum atomic E-state index is 0.00787. The highest BCUT2D eigenvalue weighted by Crippen LogP contribution is 2.18. The fourth-order valence-corrected chi connectivity index (χ4v) is 1.46. The molecule has 2 rings (SSSR count). The summed E-state index contributed by atoms with van der Waals surface area (Å²) in [6, 6.07) is 8.63. The lowest BCUT2D eigenvalue weighted by Crippen LogP contribution is -2.05. The van der Waals surface area contributed by atoms with E-state index in [-0.39, 0.29) is 23.5 Å². The lowest BCUT2D eigenvalue weighted by atomic mass is 10.1. The van der Waals surface area contributed by atoms with Crippen LogP contribution in [0.4, 0.5) is 17.6 Å². The summed E-state index contributed by atoms with van der Waals surface area (Å²) in [6.07, 6.45) is 0. The monoisotopic (exact) mass is 267 g/mol. The molecular weight excluding hydrogens is 258 g/mol. The topological polar surface area (TPSA) is 134 Å². The molecule has 0 unspecified atom stereocenters.